The highest BCUT2D eigenvalue weighted by molar-refractivity contribution is 7.80. The number of carbonyl (C=O) groups is 1. The van der Waals surface area contributed by atoms with Gasteiger partial charge in [-0.05, 0) is 63.0 Å². The van der Waals surface area contributed by atoms with Crippen LogP contribution in [0.1, 0.15) is 54.9 Å². The van der Waals surface area contributed by atoms with Crippen molar-refractivity contribution in [2.45, 2.75) is 52.1 Å². The Kier molecular flexibility index (Phi) is 8.15. The maximum Gasteiger partial charge on any atom is 0.338 e. The van der Waals surface area contributed by atoms with Crippen LogP contribution in [0.3, 0.4) is 0 Å². The van der Waals surface area contributed by atoms with Gasteiger partial charge >= 0.3 is 5.97 Å². The van der Waals surface area contributed by atoms with E-state index in [1.165, 1.54) is 25.7 Å². The zero-order valence-corrected chi connectivity index (χ0v) is 15.9. The number of anilines is 1. The molecule has 0 spiro atoms. The van der Waals surface area contributed by atoms with Crippen LogP contribution in [-0.4, -0.2) is 36.9 Å². The molecule has 1 aliphatic carbocycles. The summed E-state index contributed by atoms with van der Waals surface area (Å²) in [5, 5.41) is 6.88. The van der Waals surface area contributed by atoms with E-state index < -0.39 is 0 Å². The Labute approximate surface area is 155 Å². The number of rotatable bonds is 8. The normalized spacial score (nSPS) is 14.3. The molecule has 1 fully saturated rings. The molecule has 0 radical (unpaired) electrons. The summed E-state index contributed by atoms with van der Waals surface area (Å²) in [6.45, 7) is 5.64. The van der Waals surface area contributed by atoms with E-state index in [1.54, 1.807) is 19.1 Å². The van der Waals surface area contributed by atoms with Crippen molar-refractivity contribution in [3.8, 4) is 0 Å². The molecule has 1 saturated carbocycles. The topological polar surface area (TPSA) is 59.6 Å². The summed E-state index contributed by atoms with van der Waals surface area (Å²) in [4.78, 5) is 11.8. The number of carbonyl (C=O) groups excluding carboxylic acids is 1. The van der Waals surface area contributed by atoms with Crippen LogP contribution in [0.25, 0.3) is 0 Å². The summed E-state index contributed by atoms with van der Waals surface area (Å²) in [6.07, 6.45) is 6.36. The first-order valence-electron chi connectivity index (χ1n) is 9.04. The van der Waals surface area contributed by atoms with Crippen LogP contribution in [0, 0.1) is 6.92 Å². The molecular formula is C19H28N2O3S. The largest absolute Gasteiger partial charge is 0.462 e. The van der Waals surface area contributed by atoms with Gasteiger partial charge in [0.2, 0.25) is 0 Å². The molecule has 5 nitrogen and oxygen atoms in total. The molecule has 0 saturated heterocycles. The first-order chi connectivity index (χ1) is 12.1. The molecule has 25 heavy (non-hydrogen) atoms. The van der Waals surface area contributed by atoms with Gasteiger partial charge in [0.1, 0.15) is 0 Å². The lowest BCUT2D eigenvalue weighted by molar-refractivity contribution is 0.0526. The lowest BCUT2D eigenvalue weighted by atomic mass is 10.1. The van der Waals surface area contributed by atoms with Gasteiger partial charge in [0.05, 0.1) is 18.3 Å². The van der Waals surface area contributed by atoms with Gasteiger partial charge in [0.25, 0.3) is 0 Å². The van der Waals surface area contributed by atoms with Crippen molar-refractivity contribution in [2.24, 2.45) is 0 Å². The standard InChI is InChI=1S/C19H28N2O3S/c1-3-23-18(22)15-10-9-14(2)17(13-15)21-19(25)20-11-6-12-24-16-7-4-5-8-16/h9-10,13,16H,3-8,11-12H2,1-2H3,(H2,20,21,25). The minimum Gasteiger partial charge on any atom is -0.462 e. The monoisotopic (exact) mass is 364 g/mol. The van der Waals surface area contributed by atoms with Crippen molar-refractivity contribution >= 4 is 29.0 Å². The maximum absolute atomic E-state index is 11.8. The summed E-state index contributed by atoms with van der Waals surface area (Å²) in [5.41, 5.74) is 2.34. The van der Waals surface area contributed by atoms with Gasteiger partial charge in [-0.2, -0.15) is 0 Å². The molecule has 6 heteroatoms. The highest BCUT2D eigenvalue weighted by Gasteiger charge is 2.14. The number of esters is 1. The number of ether oxygens (including phenoxy) is 2. The van der Waals surface area contributed by atoms with E-state index in [-0.39, 0.29) is 5.97 Å². The number of benzene rings is 1. The second kappa shape index (κ2) is 10.4. The number of hydrogen-bond donors (Lipinski definition) is 2. The van der Waals surface area contributed by atoms with Gasteiger partial charge in [-0.25, -0.2) is 4.79 Å². The Hall–Kier alpha value is -1.66. The molecule has 2 rings (SSSR count). The summed E-state index contributed by atoms with van der Waals surface area (Å²) in [6, 6.07) is 5.41. The van der Waals surface area contributed by atoms with Crippen LogP contribution in [0.4, 0.5) is 5.69 Å². The zero-order valence-electron chi connectivity index (χ0n) is 15.1. The van der Waals surface area contributed by atoms with E-state index in [2.05, 4.69) is 10.6 Å². The molecule has 0 atom stereocenters. The minimum absolute atomic E-state index is 0.325. The Bertz CT molecular complexity index is 586. The van der Waals surface area contributed by atoms with E-state index in [0.717, 1.165) is 30.8 Å². The molecule has 2 N–H and O–H groups in total. The second-order valence-electron chi connectivity index (χ2n) is 6.26. The van der Waals surface area contributed by atoms with E-state index in [1.807, 2.05) is 13.0 Å². The zero-order chi connectivity index (χ0) is 18.1. The Morgan fingerprint density at radius 2 is 2.08 bits per heavy atom. The van der Waals surface area contributed by atoms with Crippen LogP contribution in [0.5, 0.6) is 0 Å². The third-order valence-corrected chi connectivity index (χ3v) is 4.51. The number of aryl methyl sites for hydroxylation is 1. The molecule has 0 bridgehead atoms. The van der Waals surface area contributed by atoms with Crippen LogP contribution in [0.2, 0.25) is 0 Å². The number of nitrogens with one attached hydrogen (secondary N) is 2. The van der Waals surface area contributed by atoms with Crippen molar-refractivity contribution in [3.63, 3.8) is 0 Å². The maximum atomic E-state index is 11.8. The molecule has 0 unspecified atom stereocenters. The van der Waals surface area contributed by atoms with Crippen molar-refractivity contribution in [1.82, 2.24) is 5.32 Å². The van der Waals surface area contributed by atoms with Crippen molar-refractivity contribution in [3.05, 3.63) is 29.3 Å². The molecule has 138 valence electrons. The fraction of sp³-hybridized carbons (Fsp3) is 0.579. The van der Waals surface area contributed by atoms with Crippen molar-refractivity contribution in [2.75, 3.05) is 25.1 Å². The van der Waals surface area contributed by atoms with Crippen LogP contribution >= 0.6 is 12.2 Å². The third kappa shape index (κ3) is 6.63. The van der Waals surface area contributed by atoms with Crippen LogP contribution in [-0.2, 0) is 9.47 Å². The van der Waals surface area contributed by atoms with Gasteiger partial charge in [0, 0.05) is 18.8 Å². The van der Waals surface area contributed by atoms with Gasteiger partial charge in [0.15, 0.2) is 5.11 Å². The predicted octanol–water partition coefficient (Wildman–Crippen LogP) is 3.81. The minimum atomic E-state index is -0.325. The second-order valence-corrected chi connectivity index (χ2v) is 6.67. The Morgan fingerprint density at radius 3 is 2.80 bits per heavy atom. The van der Waals surface area contributed by atoms with Crippen molar-refractivity contribution in [1.29, 1.82) is 0 Å². The van der Waals surface area contributed by atoms with Gasteiger partial charge < -0.3 is 20.1 Å². The summed E-state index contributed by atoms with van der Waals surface area (Å²) >= 11 is 5.33. The predicted molar refractivity (Wildman–Crippen MR) is 104 cm³/mol. The quantitative estimate of drug-likeness (QED) is 0.416. The molecule has 1 aromatic carbocycles. The molecule has 1 aliphatic rings. The third-order valence-electron chi connectivity index (χ3n) is 4.26. The highest BCUT2D eigenvalue weighted by atomic mass is 32.1. The van der Waals surface area contributed by atoms with E-state index >= 15 is 0 Å². The SMILES string of the molecule is CCOC(=O)c1ccc(C)c(NC(=S)NCCCOC2CCCC2)c1. The van der Waals surface area contributed by atoms with E-state index in [9.17, 15) is 4.79 Å². The lowest BCUT2D eigenvalue weighted by Crippen LogP contribution is -2.30. The average molecular weight is 365 g/mol. The number of thiocarbonyl (C=S) groups is 1. The average Bonchev–Trinajstić information content (AvgIpc) is 3.10. The van der Waals surface area contributed by atoms with Crippen LogP contribution < -0.4 is 10.6 Å². The summed E-state index contributed by atoms with van der Waals surface area (Å²) in [5.74, 6) is -0.325. The first-order valence-corrected chi connectivity index (χ1v) is 9.45. The fourth-order valence-electron chi connectivity index (χ4n) is 2.84. The van der Waals surface area contributed by atoms with E-state index in [4.69, 9.17) is 21.7 Å². The van der Waals surface area contributed by atoms with Gasteiger partial charge in [-0.15, -0.1) is 0 Å². The fourth-order valence-corrected chi connectivity index (χ4v) is 3.06. The Morgan fingerprint density at radius 1 is 1.32 bits per heavy atom. The van der Waals surface area contributed by atoms with E-state index in [0.29, 0.717) is 23.4 Å². The molecular weight excluding hydrogens is 336 g/mol. The van der Waals surface area contributed by atoms with Gasteiger partial charge in [-0.3, -0.25) is 0 Å². The lowest BCUT2D eigenvalue weighted by Gasteiger charge is -2.14. The van der Waals surface area contributed by atoms with Gasteiger partial charge in [-0.1, -0.05) is 18.9 Å². The first kappa shape index (κ1) is 19.7. The smallest absolute Gasteiger partial charge is 0.338 e. The molecule has 1 aromatic rings. The molecule has 0 aliphatic heterocycles. The molecule has 0 amide bonds. The molecule has 0 heterocycles. The Balaban J connectivity index is 1.73. The van der Waals surface area contributed by atoms with Crippen LogP contribution in [0.15, 0.2) is 18.2 Å². The summed E-state index contributed by atoms with van der Waals surface area (Å²) < 4.78 is 10.9. The molecule has 0 aromatic heterocycles. The number of hydrogen-bond acceptors (Lipinski definition) is 4. The highest BCUT2D eigenvalue weighted by Crippen LogP contribution is 2.21. The summed E-state index contributed by atoms with van der Waals surface area (Å²) in [7, 11) is 0. The van der Waals surface area contributed by atoms with Crippen molar-refractivity contribution < 1.29 is 14.3 Å².